The Morgan fingerprint density at radius 3 is 1.77 bits per heavy atom. The van der Waals surface area contributed by atoms with E-state index in [4.69, 9.17) is 14.1 Å². The van der Waals surface area contributed by atoms with Crippen molar-refractivity contribution in [3.63, 3.8) is 0 Å². The zero-order valence-electron chi connectivity index (χ0n) is 19.6. The summed E-state index contributed by atoms with van der Waals surface area (Å²) in [4.78, 5) is 20.2. The van der Waals surface area contributed by atoms with E-state index in [1.165, 1.54) is 48.9 Å². The fourth-order valence-corrected chi connectivity index (χ4v) is 2.65. The van der Waals surface area contributed by atoms with Crippen molar-refractivity contribution in [1.82, 2.24) is 14.9 Å². The van der Waals surface area contributed by atoms with Gasteiger partial charge in [0.25, 0.3) is 0 Å². The number of benzene rings is 2. The number of nitrogens with zero attached hydrogens (tertiary/aromatic N) is 4. The first-order chi connectivity index (χ1) is 16.8. The van der Waals surface area contributed by atoms with E-state index in [0.29, 0.717) is 34.9 Å². The quantitative estimate of drug-likeness (QED) is 0.359. The number of carbonyl (C=O) groups excluding carboxylic acids is 1. The van der Waals surface area contributed by atoms with Gasteiger partial charge in [0.1, 0.15) is 41.6 Å². The van der Waals surface area contributed by atoms with E-state index in [1.807, 2.05) is 0 Å². The number of oxazole rings is 2. The number of hydrogen-bond donors (Lipinski definition) is 0. The van der Waals surface area contributed by atoms with Crippen molar-refractivity contribution in [2.24, 2.45) is 0 Å². The monoisotopic (exact) mass is 482 g/mol. The molecule has 2 aromatic carbocycles. The lowest BCUT2D eigenvalue weighted by Crippen LogP contribution is -2.18. The van der Waals surface area contributed by atoms with Gasteiger partial charge < -0.3 is 13.6 Å². The van der Waals surface area contributed by atoms with Crippen molar-refractivity contribution in [2.45, 2.75) is 6.04 Å². The molecular formula is C25H24F2N4O4. The molecule has 0 N–H and O–H groups in total. The number of nitriles is 1. The summed E-state index contributed by atoms with van der Waals surface area (Å²) in [5, 5.41) is 9.04. The molecule has 4 rings (SSSR count). The lowest BCUT2D eigenvalue weighted by Gasteiger charge is -2.13. The molecule has 0 aliphatic heterocycles. The number of hydrogen-bond acceptors (Lipinski definition) is 8. The van der Waals surface area contributed by atoms with Crippen molar-refractivity contribution in [3.05, 3.63) is 84.1 Å². The smallest absolute Gasteiger partial charge is 0.226 e. The predicted octanol–water partition coefficient (Wildman–Crippen LogP) is 5.16. The van der Waals surface area contributed by atoms with Crippen LogP contribution in [-0.2, 0) is 4.74 Å². The number of ether oxygens (including phenoxy) is 1. The van der Waals surface area contributed by atoms with Crippen LogP contribution in [0.3, 0.4) is 0 Å². The van der Waals surface area contributed by atoms with Gasteiger partial charge in [-0.05, 0) is 62.6 Å². The molecule has 35 heavy (non-hydrogen) atoms. The predicted molar refractivity (Wildman–Crippen MR) is 124 cm³/mol. The van der Waals surface area contributed by atoms with Crippen LogP contribution in [0, 0.1) is 23.0 Å². The van der Waals surface area contributed by atoms with Crippen molar-refractivity contribution in [3.8, 4) is 29.0 Å². The molecule has 182 valence electrons. The highest BCUT2D eigenvalue weighted by Crippen LogP contribution is 2.23. The minimum absolute atomic E-state index is 0.226. The Bertz CT molecular complexity index is 1230. The summed E-state index contributed by atoms with van der Waals surface area (Å²) in [5.74, 6) is 0.0591. The van der Waals surface area contributed by atoms with Crippen LogP contribution in [0.1, 0.15) is 22.2 Å². The van der Waals surface area contributed by atoms with E-state index in [1.54, 1.807) is 45.3 Å². The lowest BCUT2D eigenvalue weighted by molar-refractivity contribution is 0.111. The average molecular weight is 482 g/mol. The maximum absolute atomic E-state index is 12.8. The van der Waals surface area contributed by atoms with Crippen molar-refractivity contribution < 1.29 is 27.1 Å². The Morgan fingerprint density at radius 1 is 0.914 bits per heavy atom. The molecular weight excluding hydrogens is 458 g/mol. The molecule has 0 saturated heterocycles. The standard InChI is InChI=1S/C13H12FN3O.C10H6FNO2.C2H6O/c1-17(2)12(7-15)11-8-18-13(16-11)9-3-5-10(14)6-4-9;11-8-3-1-7(2-4-8)10-12-9(5-13)6-14-10;1-3-2/h3-6,8,12H,1-2H3;1-6H;1-2H3. The third-order valence-electron chi connectivity index (χ3n) is 4.27. The minimum Gasteiger partial charge on any atom is -0.444 e. The van der Waals surface area contributed by atoms with E-state index >= 15 is 0 Å². The Balaban J connectivity index is 0.000000227. The average Bonchev–Trinajstić information content (AvgIpc) is 3.52. The summed E-state index contributed by atoms with van der Waals surface area (Å²) in [7, 11) is 6.83. The molecule has 0 spiro atoms. The fourth-order valence-electron chi connectivity index (χ4n) is 2.65. The summed E-state index contributed by atoms with van der Waals surface area (Å²) in [6.07, 6.45) is 3.30. The van der Waals surface area contributed by atoms with Crippen LogP contribution in [0.25, 0.3) is 22.9 Å². The lowest BCUT2D eigenvalue weighted by atomic mass is 10.2. The van der Waals surface area contributed by atoms with Crippen LogP contribution in [-0.4, -0.2) is 49.5 Å². The van der Waals surface area contributed by atoms with E-state index < -0.39 is 6.04 Å². The van der Waals surface area contributed by atoms with E-state index in [-0.39, 0.29) is 17.3 Å². The number of halogens is 2. The molecule has 10 heteroatoms. The van der Waals surface area contributed by atoms with Gasteiger partial charge in [0.2, 0.25) is 11.8 Å². The second kappa shape index (κ2) is 13.5. The largest absolute Gasteiger partial charge is 0.444 e. The summed E-state index contributed by atoms with van der Waals surface area (Å²) in [6.45, 7) is 0. The number of methoxy groups -OCH3 is 1. The van der Waals surface area contributed by atoms with Crippen LogP contribution < -0.4 is 0 Å². The van der Waals surface area contributed by atoms with Gasteiger partial charge in [-0.3, -0.25) is 9.69 Å². The molecule has 0 aliphatic rings. The van der Waals surface area contributed by atoms with Crippen LogP contribution in [0.5, 0.6) is 0 Å². The highest BCUT2D eigenvalue weighted by molar-refractivity contribution is 5.72. The number of aromatic nitrogens is 2. The summed E-state index contributed by atoms with van der Waals surface area (Å²) < 4.78 is 39.9. The highest BCUT2D eigenvalue weighted by Gasteiger charge is 2.18. The van der Waals surface area contributed by atoms with Gasteiger partial charge >= 0.3 is 0 Å². The molecule has 1 atom stereocenters. The molecule has 1 unspecified atom stereocenters. The van der Waals surface area contributed by atoms with Gasteiger partial charge in [-0.25, -0.2) is 18.7 Å². The van der Waals surface area contributed by atoms with Crippen LogP contribution in [0.15, 0.2) is 69.9 Å². The summed E-state index contributed by atoms with van der Waals surface area (Å²) >= 11 is 0. The first kappa shape index (κ1) is 27.0. The SMILES string of the molecule is CN(C)C(C#N)c1coc(-c2ccc(F)cc2)n1.COC.O=Cc1coc(-c2ccc(F)cc2)n1. The van der Waals surface area contributed by atoms with E-state index in [2.05, 4.69) is 20.8 Å². The second-order valence-electron chi connectivity index (χ2n) is 7.19. The van der Waals surface area contributed by atoms with Gasteiger partial charge in [-0.2, -0.15) is 5.26 Å². The maximum atomic E-state index is 12.8. The molecule has 4 aromatic rings. The topological polar surface area (TPSA) is 105 Å². The molecule has 0 radical (unpaired) electrons. The van der Waals surface area contributed by atoms with E-state index in [0.717, 1.165) is 0 Å². The normalized spacial score (nSPS) is 10.9. The number of carbonyl (C=O) groups is 1. The molecule has 0 amide bonds. The molecule has 2 heterocycles. The third-order valence-corrected chi connectivity index (χ3v) is 4.27. The van der Waals surface area contributed by atoms with Crippen molar-refractivity contribution >= 4 is 6.29 Å². The molecule has 8 nitrogen and oxygen atoms in total. The van der Waals surface area contributed by atoms with Crippen LogP contribution >= 0.6 is 0 Å². The maximum Gasteiger partial charge on any atom is 0.226 e. The van der Waals surface area contributed by atoms with Gasteiger partial charge in [-0.1, -0.05) is 0 Å². The molecule has 0 bridgehead atoms. The molecule has 0 aliphatic carbocycles. The third kappa shape index (κ3) is 7.96. The minimum atomic E-state index is -0.456. The van der Waals surface area contributed by atoms with Gasteiger partial charge in [0.05, 0.1) is 6.07 Å². The van der Waals surface area contributed by atoms with Crippen LogP contribution in [0.2, 0.25) is 0 Å². The van der Waals surface area contributed by atoms with Crippen LogP contribution in [0.4, 0.5) is 8.78 Å². The number of aldehydes is 1. The second-order valence-corrected chi connectivity index (χ2v) is 7.19. The number of rotatable bonds is 5. The van der Waals surface area contributed by atoms with Gasteiger partial charge in [-0.15, -0.1) is 0 Å². The Kier molecular flexibility index (Phi) is 10.4. The highest BCUT2D eigenvalue weighted by atomic mass is 19.1. The van der Waals surface area contributed by atoms with Crippen molar-refractivity contribution in [1.29, 1.82) is 5.26 Å². The molecule has 2 aromatic heterocycles. The first-order valence-corrected chi connectivity index (χ1v) is 10.2. The molecule has 0 fully saturated rings. The Morgan fingerprint density at radius 2 is 1.37 bits per heavy atom. The Hall–Kier alpha value is -4.20. The van der Waals surface area contributed by atoms with E-state index in [9.17, 15) is 13.6 Å². The van der Waals surface area contributed by atoms with Gasteiger partial charge in [0, 0.05) is 25.3 Å². The summed E-state index contributed by atoms with van der Waals surface area (Å²) in [6, 6.07) is 13.2. The zero-order chi connectivity index (χ0) is 25.8. The molecule has 0 saturated carbocycles. The summed E-state index contributed by atoms with van der Waals surface area (Å²) in [5.41, 5.74) is 2.09. The Labute approximate surface area is 201 Å². The fraction of sp³-hybridized carbons (Fsp3) is 0.200. The van der Waals surface area contributed by atoms with Gasteiger partial charge in [0.15, 0.2) is 6.29 Å². The van der Waals surface area contributed by atoms with Crippen molar-refractivity contribution in [2.75, 3.05) is 28.3 Å². The first-order valence-electron chi connectivity index (χ1n) is 10.2. The zero-order valence-corrected chi connectivity index (χ0v) is 19.6.